The zero-order chi connectivity index (χ0) is 23.2. The molecule has 0 saturated carbocycles. The summed E-state index contributed by atoms with van der Waals surface area (Å²) in [7, 11) is -2.44. The lowest BCUT2D eigenvalue weighted by Crippen LogP contribution is -2.70. The fourth-order valence-corrected chi connectivity index (χ4v) is 12.3. The van der Waals surface area contributed by atoms with E-state index in [2.05, 4.69) is 122 Å². The maximum atomic E-state index is 2.48. The maximum absolute atomic E-state index is 2.48. The average molecular weight is 437 g/mol. The molecule has 3 aromatic carbocycles. The van der Waals surface area contributed by atoms with E-state index in [9.17, 15) is 0 Å². The van der Waals surface area contributed by atoms with Gasteiger partial charge in [0, 0.05) is 5.54 Å². The maximum Gasteiger partial charge on any atom is 0.159 e. The fraction of sp³-hybridized carbons (Fsp3) is 0.290. The van der Waals surface area contributed by atoms with Crippen LogP contribution in [0.5, 0.6) is 0 Å². The Hall–Kier alpha value is -2.64. The van der Waals surface area contributed by atoms with Crippen LogP contribution in [-0.4, -0.2) is 8.07 Å². The second-order valence-corrected chi connectivity index (χ2v) is 13.9. The van der Waals surface area contributed by atoms with Crippen molar-refractivity contribution in [3.8, 4) is 0 Å². The molecule has 1 aliphatic rings. The van der Waals surface area contributed by atoms with Crippen molar-refractivity contribution >= 4 is 23.6 Å². The summed E-state index contributed by atoms with van der Waals surface area (Å²) in [6.45, 7) is 18.4. The molecule has 0 saturated heterocycles. The fourth-order valence-electron chi connectivity index (χ4n) is 5.98. The number of hydrogen-bond donors (Lipinski definition) is 0. The molecule has 1 aliphatic carbocycles. The summed E-state index contributed by atoms with van der Waals surface area (Å²) in [5, 5.41) is 4.55. The van der Waals surface area contributed by atoms with Gasteiger partial charge in [0.1, 0.15) is 0 Å². The highest BCUT2D eigenvalue weighted by Crippen LogP contribution is 2.46. The molecule has 0 radical (unpaired) electrons. The van der Waals surface area contributed by atoms with E-state index in [1.807, 2.05) is 0 Å². The van der Waals surface area contributed by atoms with Crippen LogP contribution >= 0.6 is 0 Å². The highest BCUT2D eigenvalue weighted by Gasteiger charge is 2.50. The normalized spacial score (nSPS) is 15.1. The SMILES string of the molecule is CC1=C(C)C([Si](c2cccc(C)c2)(c2cccc(C)c2)c2cc(C)cc(C)c2)C(C)=C1C. The Morgan fingerprint density at radius 3 is 1.28 bits per heavy atom. The summed E-state index contributed by atoms with van der Waals surface area (Å²) in [4.78, 5) is 0. The molecule has 0 fully saturated rings. The molecule has 0 atom stereocenters. The van der Waals surface area contributed by atoms with Crippen molar-refractivity contribution in [1.29, 1.82) is 0 Å². The van der Waals surface area contributed by atoms with Crippen molar-refractivity contribution in [1.82, 2.24) is 0 Å². The molecule has 3 aromatic rings. The van der Waals surface area contributed by atoms with Crippen LogP contribution in [-0.2, 0) is 0 Å². The predicted molar refractivity (Wildman–Crippen MR) is 143 cm³/mol. The Balaban J connectivity index is 2.23. The molecule has 0 N–H and O–H groups in total. The Kier molecular flexibility index (Phi) is 5.90. The van der Waals surface area contributed by atoms with E-state index in [1.165, 1.54) is 49.0 Å². The zero-order valence-corrected chi connectivity index (χ0v) is 21.9. The number of benzene rings is 3. The summed E-state index contributed by atoms with van der Waals surface area (Å²) < 4.78 is 0. The van der Waals surface area contributed by atoms with E-state index in [4.69, 9.17) is 0 Å². The molecule has 32 heavy (non-hydrogen) atoms. The Morgan fingerprint density at radius 2 is 0.875 bits per heavy atom. The van der Waals surface area contributed by atoms with E-state index >= 15 is 0 Å². The smallest absolute Gasteiger partial charge is 0.0647 e. The molecule has 1 heteroatoms. The van der Waals surface area contributed by atoms with Gasteiger partial charge in [0.2, 0.25) is 0 Å². The van der Waals surface area contributed by atoms with Crippen LogP contribution in [0.3, 0.4) is 0 Å². The minimum atomic E-state index is -2.44. The number of allylic oxidation sites excluding steroid dienone is 4. The third kappa shape index (κ3) is 3.53. The summed E-state index contributed by atoms with van der Waals surface area (Å²) in [5.74, 6) is 0. The minimum Gasteiger partial charge on any atom is -0.0647 e. The zero-order valence-electron chi connectivity index (χ0n) is 20.9. The molecule has 0 spiro atoms. The standard InChI is InChI=1S/C31H36Si/c1-20-11-9-13-28(16-20)32(29-14-10-12-21(2)17-29,30-18-22(3)15-23(4)19-30)31-26(7)24(5)25(6)27(31)8/h9-19,31H,1-8H3. The van der Waals surface area contributed by atoms with Gasteiger partial charge in [0.05, 0.1) is 0 Å². The first-order valence-corrected chi connectivity index (χ1v) is 13.8. The first-order valence-electron chi connectivity index (χ1n) is 11.7. The lowest BCUT2D eigenvalue weighted by atomic mass is 10.1. The molecule has 4 rings (SSSR count). The molecule has 0 amide bonds. The van der Waals surface area contributed by atoms with E-state index < -0.39 is 8.07 Å². The van der Waals surface area contributed by atoms with Crippen LogP contribution in [0, 0.1) is 27.7 Å². The van der Waals surface area contributed by atoms with Crippen LogP contribution in [0.2, 0.25) is 5.54 Å². The van der Waals surface area contributed by atoms with Gasteiger partial charge in [-0.05, 0) is 82.1 Å². The largest absolute Gasteiger partial charge is 0.159 e. The molecule has 0 bridgehead atoms. The summed E-state index contributed by atoms with van der Waals surface area (Å²) >= 11 is 0. The van der Waals surface area contributed by atoms with Crippen LogP contribution in [0.4, 0.5) is 0 Å². The van der Waals surface area contributed by atoms with Crippen molar-refractivity contribution < 1.29 is 0 Å². The second kappa shape index (κ2) is 8.37. The first-order chi connectivity index (χ1) is 15.2. The van der Waals surface area contributed by atoms with Crippen LogP contribution in [0.25, 0.3) is 0 Å². The lowest BCUT2D eigenvalue weighted by molar-refractivity contribution is 1.09. The number of rotatable bonds is 4. The van der Waals surface area contributed by atoms with Crippen LogP contribution in [0.1, 0.15) is 49.9 Å². The summed E-state index contributed by atoms with van der Waals surface area (Å²) in [6, 6.07) is 26.0. The molecule has 164 valence electrons. The topological polar surface area (TPSA) is 0 Å². The minimum absolute atomic E-state index is 0.423. The molecule has 0 aliphatic heterocycles. The van der Waals surface area contributed by atoms with Gasteiger partial charge in [0.15, 0.2) is 8.07 Å². The third-order valence-corrected chi connectivity index (χ3v) is 13.0. The van der Waals surface area contributed by atoms with Gasteiger partial charge in [-0.25, -0.2) is 0 Å². The molecule has 0 unspecified atom stereocenters. The van der Waals surface area contributed by atoms with Crippen molar-refractivity contribution in [3.63, 3.8) is 0 Å². The molecular formula is C31H36Si. The van der Waals surface area contributed by atoms with E-state index in [-0.39, 0.29) is 0 Å². The number of aryl methyl sites for hydroxylation is 4. The molecule has 0 nitrogen and oxygen atoms in total. The van der Waals surface area contributed by atoms with Gasteiger partial charge in [-0.15, -0.1) is 0 Å². The second-order valence-electron chi connectivity index (χ2n) is 9.97. The number of hydrogen-bond acceptors (Lipinski definition) is 0. The molecular weight excluding hydrogens is 400 g/mol. The van der Waals surface area contributed by atoms with E-state index in [0.29, 0.717) is 5.54 Å². The predicted octanol–water partition coefficient (Wildman–Crippen LogP) is 6.45. The Bertz CT molecular complexity index is 1170. The van der Waals surface area contributed by atoms with Crippen molar-refractivity contribution in [2.45, 2.75) is 60.9 Å². The van der Waals surface area contributed by atoms with Crippen molar-refractivity contribution in [2.75, 3.05) is 0 Å². The van der Waals surface area contributed by atoms with Gasteiger partial charge >= 0.3 is 0 Å². The van der Waals surface area contributed by atoms with Crippen LogP contribution in [0.15, 0.2) is 89.0 Å². The van der Waals surface area contributed by atoms with Crippen LogP contribution < -0.4 is 15.6 Å². The molecule has 0 heterocycles. The summed E-state index contributed by atoms with van der Waals surface area (Å²) in [5.41, 5.74) is 11.9. The van der Waals surface area contributed by atoms with E-state index in [1.54, 1.807) is 11.1 Å². The Labute approximate surface area is 195 Å². The molecule has 0 aromatic heterocycles. The highest BCUT2D eigenvalue weighted by molar-refractivity contribution is 7.13. The lowest BCUT2D eigenvalue weighted by Gasteiger charge is -2.41. The van der Waals surface area contributed by atoms with Gasteiger partial charge in [-0.2, -0.15) is 0 Å². The van der Waals surface area contributed by atoms with Crippen molar-refractivity contribution in [3.05, 3.63) is 111 Å². The van der Waals surface area contributed by atoms with Gasteiger partial charge in [0.25, 0.3) is 0 Å². The monoisotopic (exact) mass is 436 g/mol. The Morgan fingerprint density at radius 1 is 0.469 bits per heavy atom. The van der Waals surface area contributed by atoms with Crippen molar-refractivity contribution in [2.24, 2.45) is 0 Å². The van der Waals surface area contributed by atoms with E-state index in [0.717, 1.165) is 0 Å². The summed E-state index contributed by atoms with van der Waals surface area (Å²) in [6.07, 6.45) is 0. The van der Waals surface area contributed by atoms with Gasteiger partial charge < -0.3 is 0 Å². The average Bonchev–Trinajstić information content (AvgIpc) is 2.92. The first kappa shape index (κ1) is 22.5. The van der Waals surface area contributed by atoms with Gasteiger partial charge in [-0.3, -0.25) is 0 Å². The van der Waals surface area contributed by atoms with Gasteiger partial charge in [-0.1, -0.05) is 100 Å². The third-order valence-electron chi connectivity index (χ3n) is 7.67. The highest BCUT2D eigenvalue weighted by atomic mass is 28.3. The quantitative estimate of drug-likeness (QED) is 0.326.